The number of likely N-dealkylation sites (tertiary alicyclic amines) is 1. The maximum Gasteiger partial charge on any atom is 0.140 e. The fourth-order valence-electron chi connectivity index (χ4n) is 9.75. The third-order valence-electron chi connectivity index (χ3n) is 10.4. The molecule has 2 spiro atoms. The predicted molar refractivity (Wildman–Crippen MR) is 97.2 cm³/mol. The Morgan fingerprint density at radius 3 is 2.81 bits per heavy atom. The van der Waals surface area contributed by atoms with Gasteiger partial charge in [-0.2, -0.15) is 0 Å². The van der Waals surface area contributed by atoms with Gasteiger partial charge in [-0.15, -0.1) is 0 Å². The van der Waals surface area contributed by atoms with Crippen LogP contribution >= 0.6 is 0 Å². The molecule has 0 radical (unpaired) electrons. The molecule has 4 heteroatoms. The van der Waals surface area contributed by atoms with Crippen LogP contribution in [0.2, 0.25) is 0 Å². The van der Waals surface area contributed by atoms with Gasteiger partial charge in [-0.05, 0) is 61.0 Å². The lowest BCUT2D eigenvalue weighted by molar-refractivity contribution is -0.211. The quantitative estimate of drug-likeness (QED) is 0.705. The van der Waals surface area contributed by atoms with Crippen molar-refractivity contribution < 1.29 is 15.0 Å². The number of Topliss-reactive ketones (excluding diaryl/α,β-unsaturated/α-hetero) is 1. The molecule has 1 saturated heterocycles. The Morgan fingerprint density at radius 2 is 2.08 bits per heavy atom. The number of fused-ring (bicyclic) bond motifs is 1. The van der Waals surface area contributed by atoms with E-state index in [2.05, 4.69) is 25.3 Å². The second kappa shape index (κ2) is 4.47. The van der Waals surface area contributed by atoms with Crippen molar-refractivity contribution in [2.45, 2.75) is 64.2 Å². The summed E-state index contributed by atoms with van der Waals surface area (Å²) in [6.45, 7) is 10.9. The second-order valence-electron chi connectivity index (χ2n) is 10.7. The minimum Gasteiger partial charge on any atom is -0.392 e. The molecule has 2 N–H and O–H groups in total. The fraction of sp³-hybridized carbons (Fsp3) is 0.864. The standard InChI is InChI=1S/C22H31NO3/c1-4-23-10-20(3)6-5-17(25)22-15(20)7-13(18(22)23)21-9-12(11(2)19(21)26)14(24)8-16(21)22/h12-13,15-19,25-26H,2,4-10H2,1,3H3/t12-,13-,15+,16-,17-,18+,19+,20-,21-,22-/m0/s1. The van der Waals surface area contributed by atoms with Gasteiger partial charge >= 0.3 is 0 Å². The number of carbonyl (C=O) groups is 1. The number of hydrogen-bond donors (Lipinski definition) is 2. The molecule has 1 heterocycles. The predicted octanol–water partition coefficient (Wildman–Crippen LogP) is 2.00. The molecule has 10 atom stereocenters. The van der Waals surface area contributed by atoms with Gasteiger partial charge in [-0.1, -0.05) is 20.4 Å². The highest BCUT2D eigenvalue weighted by Crippen LogP contribution is 2.83. The van der Waals surface area contributed by atoms with Crippen LogP contribution in [0.4, 0.5) is 0 Å². The lowest BCUT2D eigenvalue weighted by Gasteiger charge is -2.65. The minimum absolute atomic E-state index is 0.130. The monoisotopic (exact) mass is 357 g/mol. The van der Waals surface area contributed by atoms with Crippen LogP contribution < -0.4 is 0 Å². The van der Waals surface area contributed by atoms with Crippen molar-refractivity contribution >= 4 is 5.78 Å². The molecule has 142 valence electrons. The van der Waals surface area contributed by atoms with Crippen LogP contribution in [0.15, 0.2) is 12.2 Å². The van der Waals surface area contributed by atoms with Crippen molar-refractivity contribution in [2.24, 2.45) is 39.9 Å². The third-order valence-corrected chi connectivity index (χ3v) is 10.4. The number of rotatable bonds is 1. The van der Waals surface area contributed by atoms with Crippen molar-refractivity contribution in [1.29, 1.82) is 0 Å². The van der Waals surface area contributed by atoms with E-state index in [1.165, 1.54) is 0 Å². The molecule has 0 unspecified atom stereocenters. The Morgan fingerprint density at radius 1 is 1.31 bits per heavy atom. The molecule has 5 saturated carbocycles. The smallest absolute Gasteiger partial charge is 0.140 e. The molecule has 0 aromatic carbocycles. The van der Waals surface area contributed by atoms with E-state index in [9.17, 15) is 15.0 Å². The molecule has 4 nitrogen and oxygen atoms in total. The first-order chi connectivity index (χ1) is 12.3. The summed E-state index contributed by atoms with van der Waals surface area (Å²) in [6, 6.07) is 0.331. The summed E-state index contributed by atoms with van der Waals surface area (Å²) in [5, 5.41) is 22.8. The number of aliphatic hydroxyl groups excluding tert-OH is 2. The van der Waals surface area contributed by atoms with Crippen molar-refractivity contribution in [3.05, 3.63) is 12.2 Å². The summed E-state index contributed by atoms with van der Waals surface area (Å²) in [6.07, 6.45) is 3.50. The van der Waals surface area contributed by atoms with Crippen molar-refractivity contribution in [3.63, 3.8) is 0 Å². The van der Waals surface area contributed by atoms with Gasteiger partial charge in [-0.3, -0.25) is 9.69 Å². The summed E-state index contributed by atoms with van der Waals surface area (Å²) in [4.78, 5) is 15.6. The third kappa shape index (κ3) is 1.33. The molecule has 26 heavy (non-hydrogen) atoms. The van der Waals surface area contributed by atoms with E-state index in [-0.39, 0.29) is 40.0 Å². The first kappa shape index (κ1) is 16.3. The largest absolute Gasteiger partial charge is 0.392 e. The molecule has 0 amide bonds. The summed E-state index contributed by atoms with van der Waals surface area (Å²) in [7, 11) is 0. The van der Waals surface area contributed by atoms with Gasteiger partial charge in [0.25, 0.3) is 0 Å². The van der Waals surface area contributed by atoms with E-state index in [4.69, 9.17) is 0 Å². The number of piperidine rings is 1. The maximum atomic E-state index is 13.0. The zero-order valence-electron chi connectivity index (χ0n) is 15.9. The summed E-state index contributed by atoms with van der Waals surface area (Å²) >= 11 is 0. The van der Waals surface area contributed by atoms with Crippen LogP contribution in [-0.2, 0) is 4.79 Å². The van der Waals surface area contributed by atoms with Crippen molar-refractivity contribution in [3.8, 4) is 0 Å². The Bertz CT molecular complexity index is 735. The highest BCUT2D eigenvalue weighted by molar-refractivity contribution is 5.87. The van der Waals surface area contributed by atoms with E-state index in [1.807, 2.05) is 0 Å². The van der Waals surface area contributed by atoms with E-state index in [1.54, 1.807) is 0 Å². The molecular weight excluding hydrogens is 326 g/mol. The Kier molecular flexibility index (Phi) is 2.80. The van der Waals surface area contributed by atoms with Crippen LogP contribution in [-0.4, -0.2) is 52.2 Å². The minimum atomic E-state index is -0.561. The molecule has 0 aromatic rings. The molecule has 1 aliphatic heterocycles. The zero-order valence-corrected chi connectivity index (χ0v) is 15.9. The highest BCUT2D eigenvalue weighted by Gasteiger charge is 2.85. The van der Waals surface area contributed by atoms with Gasteiger partial charge in [0, 0.05) is 35.8 Å². The van der Waals surface area contributed by atoms with Gasteiger partial charge < -0.3 is 10.2 Å². The zero-order chi connectivity index (χ0) is 18.2. The molecule has 5 aliphatic carbocycles. The van der Waals surface area contributed by atoms with Crippen LogP contribution in [0.5, 0.6) is 0 Å². The molecule has 6 rings (SSSR count). The van der Waals surface area contributed by atoms with Crippen molar-refractivity contribution in [2.75, 3.05) is 13.1 Å². The Balaban J connectivity index is 1.62. The van der Waals surface area contributed by atoms with E-state index in [0.29, 0.717) is 24.3 Å². The van der Waals surface area contributed by atoms with Gasteiger partial charge in [0.05, 0.1) is 12.2 Å². The number of hydrogen-bond acceptors (Lipinski definition) is 4. The number of aliphatic hydroxyl groups is 2. The molecule has 0 aromatic heterocycles. The van der Waals surface area contributed by atoms with Gasteiger partial charge in [0.15, 0.2) is 0 Å². The average molecular weight is 357 g/mol. The fourth-order valence-corrected chi connectivity index (χ4v) is 9.75. The average Bonchev–Trinajstić information content (AvgIpc) is 3.14. The first-order valence-electron chi connectivity index (χ1n) is 10.6. The summed E-state index contributed by atoms with van der Waals surface area (Å²) in [5.41, 5.74) is 0.598. The van der Waals surface area contributed by atoms with E-state index in [0.717, 1.165) is 44.3 Å². The topological polar surface area (TPSA) is 60.8 Å². The summed E-state index contributed by atoms with van der Waals surface area (Å²) < 4.78 is 0. The van der Waals surface area contributed by atoms with Gasteiger partial charge in [0.1, 0.15) is 5.78 Å². The number of nitrogens with zero attached hydrogens (tertiary/aromatic N) is 1. The lowest BCUT2D eigenvalue weighted by Crippen LogP contribution is -2.68. The van der Waals surface area contributed by atoms with Crippen molar-refractivity contribution in [1.82, 2.24) is 4.90 Å². The highest BCUT2D eigenvalue weighted by atomic mass is 16.3. The van der Waals surface area contributed by atoms with E-state index < -0.39 is 6.10 Å². The molecule has 6 aliphatic rings. The van der Waals surface area contributed by atoms with Gasteiger partial charge in [-0.25, -0.2) is 0 Å². The summed E-state index contributed by atoms with van der Waals surface area (Å²) in [5.74, 6) is 1.16. The van der Waals surface area contributed by atoms with Crippen LogP contribution in [0.3, 0.4) is 0 Å². The lowest BCUT2D eigenvalue weighted by atomic mass is 9.43. The first-order valence-corrected chi connectivity index (χ1v) is 10.6. The number of ketones is 1. The molecular formula is C22H31NO3. The van der Waals surface area contributed by atoms with Crippen LogP contribution in [0, 0.1) is 39.9 Å². The molecule has 6 fully saturated rings. The van der Waals surface area contributed by atoms with E-state index >= 15 is 0 Å². The van der Waals surface area contributed by atoms with Crippen LogP contribution in [0.1, 0.15) is 46.0 Å². The van der Waals surface area contributed by atoms with Crippen LogP contribution in [0.25, 0.3) is 0 Å². The maximum absolute atomic E-state index is 13.0. The number of carbonyl (C=O) groups excluding carboxylic acids is 1. The Labute approximate surface area is 155 Å². The Hall–Kier alpha value is -0.710. The molecule has 7 bridgehead atoms. The second-order valence-corrected chi connectivity index (χ2v) is 10.7. The normalized spacial score (nSPS) is 62.7. The SMILES string of the molecule is C=C1[C@@H]2C[C@]3([C@@H]1O)[C@H]1C[C@@H]4[C@@]5(C)CC[C@H](O)[C@@]4([C@@H]1N(CC)C5)[C@H]3CC2=O. The van der Waals surface area contributed by atoms with Gasteiger partial charge in [0.2, 0.25) is 0 Å².